The second-order valence-electron chi connectivity index (χ2n) is 26.6. The molecule has 45 nitrogen and oxygen atoms in total. The molecular weight excluding hydrogens is 1410 g/mol. The molecule has 0 radical (unpaired) electrons. The van der Waals surface area contributed by atoms with E-state index in [1.165, 1.54) is 20.8 Å². The van der Waals surface area contributed by atoms with E-state index in [1.54, 1.807) is 0 Å². The number of hydrogen-bond donors (Lipinski definition) is 26. The first-order chi connectivity index (χ1) is 48.6. The van der Waals surface area contributed by atoms with Crippen LogP contribution >= 0.6 is 0 Å². The molecule has 9 fully saturated rings. The van der Waals surface area contributed by atoms with Crippen LogP contribution in [0.3, 0.4) is 0 Å². The average Bonchev–Trinajstić information content (AvgIpc) is 0.767. The molecule has 26 N–H and O–H groups in total. The van der Waals surface area contributed by atoms with Crippen LogP contribution in [-0.4, -0.2) is 450 Å². The highest BCUT2D eigenvalue weighted by atomic mass is 16.8. The maximum atomic E-state index is 13.6. The Labute approximate surface area is 584 Å². The Morgan fingerprint density at radius 1 is 0.272 bits per heavy atom. The number of amides is 2. The van der Waals surface area contributed by atoms with Crippen LogP contribution in [0.4, 0.5) is 0 Å². The van der Waals surface area contributed by atoms with Crippen molar-refractivity contribution in [2.24, 2.45) is 0 Å². The van der Waals surface area contributed by atoms with Gasteiger partial charge in [0, 0.05) is 13.8 Å². The van der Waals surface area contributed by atoms with Crippen LogP contribution in [0.1, 0.15) is 34.6 Å². The number of nitrogens with one attached hydrogen (secondary N) is 2. The van der Waals surface area contributed by atoms with Crippen molar-refractivity contribution in [1.29, 1.82) is 0 Å². The first-order valence-corrected chi connectivity index (χ1v) is 33.2. The molecule has 0 aromatic carbocycles. The van der Waals surface area contributed by atoms with E-state index in [2.05, 4.69) is 10.6 Å². The Morgan fingerprint density at radius 2 is 0.583 bits per heavy atom. The monoisotopic (exact) mass is 1510 g/mol. The summed E-state index contributed by atoms with van der Waals surface area (Å²) in [6, 6.07) is -3.97. The molecule has 9 aliphatic heterocycles. The minimum atomic E-state index is -2.49. The van der Waals surface area contributed by atoms with Crippen LogP contribution in [0, 0.1) is 0 Å². The summed E-state index contributed by atoms with van der Waals surface area (Å²) in [7, 11) is 0. The van der Waals surface area contributed by atoms with Gasteiger partial charge >= 0.3 is 0 Å². The summed E-state index contributed by atoms with van der Waals surface area (Å²) in [4.78, 5) is 27.0. The van der Waals surface area contributed by atoms with Crippen molar-refractivity contribution >= 4 is 11.8 Å². The Morgan fingerprint density at radius 3 is 1.03 bits per heavy atom. The maximum absolute atomic E-state index is 13.6. The molecule has 45 heteroatoms. The Kier molecular flexibility index (Phi) is 29.5. The van der Waals surface area contributed by atoms with Crippen molar-refractivity contribution < 1.29 is 213 Å². The summed E-state index contributed by atoms with van der Waals surface area (Å²) in [6.45, 7) is -0.979. The second kappa shape index (κ2) is 36.0. The van der Waals surface area contributed by atoms with E-state index in [-0.39, 0.29) is 0 Å². The van der Waals surface area contributed by atoms with Gasteiger partial charge in [0.05, 0.1) is 58.0 Å². The normalized spacial score (nSPS) is 52.3. The Balaban J connectivity index is 1.10. The van der Waals surface area contributed by atoms with E-state index in [0.717, 1.165) is 13.8 Å². The molecule has 103 heavy (non-hydrogen) atoms. The lowest BCUT2D eigenvalue weighted by molar-refractivity contribution is -0.401. The van der Waals surface area contributed by atoms with E-state index >= 15 is 0 Å². The average molecular weight is 1510 g/mol. The fourth-order valence-corrected chi connectivity index (χ4v) is 13.5. The highest BCUT2D eigenvalue weighted by molar-refractivity contribution is 5.73. The molecule has 1 unspecified atom stereocenters. The van der Waals surface area contributed by atoms with Gasteiger partial charge in [-0.2, -0.15) is 0 Å². The van der Waals surface area contributed by atoms with Gasteiger partial charge in [0.15, 0.2) is 56.6 Å². The lowest BCUT2D eigenvalue weighted by Gasteiger charge is -2.52. The van der Waals surface area contributed by atoms with E-state index in [4.69, 9.17) is 80.5 Å². The molecule has 0 aromatic heterocycles. The zero-order valence-corrected chi connectivity index (χ0v) is 55.7. The SMILES string of the molecule is CC(=O)N[C@H]1[C@H](O[C@H]2[C@@H](O)[C@@H](CO[C@@H]3O[C@H](CO)[C@@H](O[C@@H]4O[C@H](CO)[C@H](O)[C@H](O)[C@H]4O)[C@@H](O[C@@H]4O[C@@H](C)[C@@H](O)[C@@H](O)[C@@H]4O)[C@H]3NC(C)=O)O[C@@H](O[C@H]3[C@H](O)[C@@H](O)C(O)O[C@@H]3CO)[C@@H]2O)O[C@H](CO)[C@@H](O[C@@H]2O[C@@H](C)[C@@H](O)[C@@H](O)[C@@H]2O)[C@@H]1O[C@@H]1O[C@H](CO)[C@H](O)[C@H](O)[C@H]1O[C@@H]1O[C@@H](C)[C@@H](O)[C@@H](O)[C@@H]1O. The zero-order chi connectivity index (χ0) is 75.8. The quantitative estimate of drug-likeness (QED) is 0.0427. The Bertz CT molecular complexity index is 2660. The van der Waals surface area contributed by atoms with Crippen LogP contribution in [0.5, 0.6) is 0 Å². The molecule has 9 heterocycles. The van der Waals surface area contributed by atoms with Gasteiger partial charge < -0.3 is 214 Å². The van der Waals surface area contributed by atoms with Crippen LogP contribution in [0.15, 0.2) is 0 Å². The number of rotatable bonds is 24. The number of aliphatic hydroxyl groups excluding tert-OH is 24. The van der Waals surface area contributed by atoms with E-state index in [9.17, 15) is 132 Å². The van der Waals surface area contributed by atoms with Crippen LogP contribution < -0.4 is 10.6 Å². The lowest BCUT2D eigenvalue weighted by atomic mass is 9.93. The number of carbonyl (C=O) groups excluding carboxylic acids is 2. The maximum Gasteiger partial charge on any atom is 0.217 e. The predicted octanol–water partition coefficient (Wildman–Crippen LogP) is -17.3. The predicted molar refractivity (Wildman–Crippen MR) is 316 cm³/mol. The van der Waals surface area contributed by atoms with E-state index in [1.807, 2.05) is 0 Å². The molecule has 0 aliphatic carbocycles. The van der Waals surface area contributed by atoms with Gasteiger partial charge in [0.1, 0.15) is 201 Å². The second-order valence-corrected chi connectivity index (χ2v) is 26.6. The summed E-state index contributed by atoms with van der Waals surface area (Å²) in [5.74, 6) is -1.96. The zero-order valence-electron chi connectivity index (χ0n) is 55.7. The van der Waals surface area contributed by atoms with Crippen molar-refractivity contribution in [2.45, 2.75) is 311 Å². The van der Waals surface area contributed by atoms with Crippen molar-refractivity contribution in [3.8, 4) is 0 Å². The third kappa shape index (κ3) is 18.0. The summed E-state index contributed by atoms with van der Waals surface area (Å²) < 4.78 is 102. The molecule has 0 spiro atoms. The minimum absolute atomic E-state index is 0.916. The third-order valence-electron chi connectivity index (χ3n) is 19.4. The molecule has 0 bridgehead atoms. The number of carbonyl (C=O) groups is 2. The summed E-state index contributed by atoms with van der Waals surface area (Å²) in [6.07, 6.45) is -86.3. The highest BCUT2D eigenvalue weighted by Gasteiger charge is 2.61. The van der Waals surface area contributed by atoms with Crippen molar-refractivity contribution in [3.05, 3.63) is 0 Å². The summed E-state index contributed by atoms with van der Waals surface area (Å²) in [5, 5.41) is 269. The molecule has 598 valence electrons. The van der Waals surface area contributed by atoms with Crippen LogP contribution in [-0.2, 0) is 90.1 Å². The van der Waals surface area contributed by atoms with Crippen molar-refractivity contribution in [3.63, 3.8) is 0 Å². The Hall–Kier alpha value is -2.70. The summed E-state index contributed by atoms with van der Waals surface area (Å²) >= 11 is 0. The molecule has 9 rings (SSSR count). The largest absolute Gasteiger partial charge is 0.394 e. The van der Waals surface area contributed by atoms with E-state index in [0.29, 0.717) is 0 Å². The van der Waals surface area contributed by atoms with Crippen LogP contribution in [0.25, 0.3) is 0 Å². The van der Waals surface area contributed by atoms with Gasteiger partial charge in [-0.25, -0.2) is 0 Å². The highest BCUT2D eigenvalue weighted by Crippen LogP contribution is 2.41. The van der Waals surface area contributed by atoms with Gasteiger partial charge in [-0.15, -0.1) is 0 Å². The molecule has 0 saturated carbocycles. The molecular formula is C58H98N2O43. The first-order valence-electron chi connectivity index (χ1n) is 33.2. The van der Waals surface area contributed by atoms with Crippen molar-refractivity contribution in [1.82, 2.24) is 10.6 Å². The third-order valence-corrected chi connectivity index (χ3v) is 19.4. The molecule has 9 saturated heterocycles. The van der Waals surface area contributed by atoms with Crippen LogP contribution in [0.2, 0.25) is 0 Å². The van der Waals surface area contributed by atoms with Gasteiger partial charge in [-0.3, -0.25) is 9.59 Å². The summed E-state index contributed by atoms with van der Waals surface area (Å²) in [5.41, 5.74) is 0. The lowest BCUT2D eigenvalue weighted by Crippen LogP contribution is -2.72. The van der Waals surface area contributed by atoms with Gasteiger partial charge in [-0.05, 0) is 20.8 Å². The smallest absolute Gasteiger partial charge is 0.217 e. The molecule has 0 aromatic rings. The number of hydrogen-bond acceptors (Lipinski definition) is 43. The van der Waals surface area contributed by atoms with Crippen molar-refractivity contribution in [2.75, 3.05) is 39.6 Å². The fourth-order valence-electron chi connectivity index (χ4n) is 13.5. The number of ether oxygens (including phenoxy) is 17. The molecule has 2 amide bonds. The standard InChI is InChI=1S/C58H98N2O43/c1-12-25(68)31(74)38(81)53(88-12)98-45-21(10-65)95-52(24(60-16(5)67)47(45)101-58-49(35(78)29(72)18(7-62)93-58)103-55-40(83)33(76)27(70)14(3)90-55)102-48-30(73)22(96-57(42(48)85)97-43-19(8-63)91-50(86)37(80)36(43)79)11-87-51-23(59-15(4)66)46(100-54-39(82)32(75)26(69)13(2)89-54)44(20(9-64)94-51)99-56-41(84)34(77)28(71)17(6-61)92-56/h12-14,17-58,61-65,68-86H,6-11H2,1-5H3,(H,59,66)(H,60,67)/t12-,13-,14-,17+,18+,19+,20+,21+,22+,23+,24+,25+,26+,27+,28-,29-,30-,31+,32+,33+,34-,35-,36+,37+,38-,39-,40-,41+,42+,43+,44+,45+,46-,47+,48-,49+,50?,51+,52-,53-,54-,55-,56-,57-,58-/m0/s1. The topological polar surface area (TPSA) is 701 Å². The minimum Gasteiger partial charge on any atom is -0.394 e. The molecule has 9 aliphatic rings. The van der Waals surface area contributed by atoms with Gasteiger partial charge in [0.2, 0.25) is 11.8 Å². The fraction of sp³-hybridized carbons (Fsp3) is 0.966. The number of aliphatic hydroxyl groups is 24. The van der Waals surface area contributed by atoms with Gasteiger partial charge in [0.25, 0.3) is 0 Å². The van der Waals surface area contributed by atoms with E-state index < -0.39 is 328 Å². The van der Waals surface area contributed by atoms with Gasteiger partial charge in [-0.1, -0.05) is 0 Å². The first kappa shape index (κ1) is 84.3. The molecule has 45 atom stereocenters.